The lowest BCUT2D eigenvalue weighted by Gasteiger charge is -2.22. The van der Waals surface area contributed by atoms with Gasteiger partial charge >= 0.3 is 5.97 Å². The van der Waals surface area contributed by atoms with Crippen LogP contribution in [0.1, 0.15) is 16.8 Å². The number of ether oxygens (including phenoxy) is 2. The zero-order valence-electron chi connectivity index (χ0n) is 11.7. The molecule has 0 heterocycles. The number of nitrogens with zero attached hydrogens (tertiary/aromatic N) is 1. The molecule has 0 saturated carbocycles. The zero-order valence-corrected chi connectivity index (χ0v) is 11.7. The van der Waals surface area contributed by atoms with Gasteiger partial charge in [0, 0.05) is 20.2 Å². The minimum Gasteiger partial charge on any atom is -0.507 e. The molecule has 0 unspecified atom stereocenters. The molecule has 0 aromatic heterocycles. The Morgan fingerprint density at radius 3 is 2.50 bits per heavy atom. The van der Waals surface area contributed by atoms with Gasteiger partial charge in [-0.2, -0.15) is 0 Å². The number of carbonyl (C=O) groups excluding carboxylic acids is 2. The number of phenols is 1. The van der Waals surface area contributed by atoms with Crippen LogP contribution in [-0.4, -0.2) is 55.8 Å². The van der Waals surface area contributed by atoms with Gasteiger partial charge in [0.15, 0.2) is 0 Å². The summed E-state index contributed by atoms with van der Waals surface area (Å²) < 4.78 is 9.51. The number of phenolic OH excluding ortho intramolecular Hbond substituents is 1. The Bertz CT molecular complexity index is 461. The van der Waals surface area contributed by atoms with Crippen molar-refractivity contribution in [3.05, 3.63) is 29.8 Å². The van der Waals surface area contributed by atoms with Gasteiger partial charge < -0.3 is 19.5 Å². The molecular weight excluding hydrogens is 262 g/mol. The van der Waals surface area contributed by atoms with Gasteiger partial charge in [-0.15, -0.1) is 0 Å². The molecule has 1 amide bonds. The molecule has 0 atom stereocenters. The van der Waals surface area contributed by atoms with E-state index in [1.54, 1.807) is 12.1 Å². The highest BCUT2D eigenvalue weighted by atomic mass is 16.5. The van der Waals surface area contributed by atoms with Crippen LogP contribution in [0.4, 0.5) is 0 Å². The molecule has 0 aliphatic carbocycles. The third kappa shape index (κ3) is 4.55. The van der Waals surface area contributed by atoms with Crippen LogP contribution >= 0.6 is 0 Å². The second-order valence-corrected chi connectivity index (χ2v) is 4.13. The second-order valence-electron chi connectivity index (χ2n) is 4.13. The fourth-order valence-corrected chi connectivity index (χ4v) is 1.67. The molecule has 0 saturated heterocycles. The van der Waals surface area contributed by atoms with E-state index >= 15 is 0 Å². The minimum absolute atomic E-state index is 0.0852. The predicted octanol–water partition coefficient (Wildman–Crippen LogP) is 1.04. The molecule has 1 N–H and O–H groups in total. The van der Waals surface area contributed by atoms with E-state index in [0.29, 0.717) is 13.2 Å². The predicted molar refractivity (Wildman–Crippen MR) is 72.5 cm³/mol. The topological polar surface area (TPSA) is 76.1 Å². The summed E-state index contributed by atoms with van der Waals surface area (Å²) in [5.74, 6) is -0.820. The van der Waals surface area contributed by atoms with Crippen molar-refractivity contribution >= 4 is 11.9 Å². The van der Waals surface area contributed by atoms with Crippen molar-refractivity contribution < 1.29 is 24.2 Å². The number of hydrogen-bond acceptors (Lipinski definition) is 5. The summed E-state index contributed by atoms with van der Waals surface area (Å²) >= 11 is 0. The second kappa shape index (κ2) is 8.16. The maximum atomic E-state index is 12.3. The normalized spacial score (nSPS) is 10.1. The van der Waals surface area contributed by atoms with Crippen LogP contribution in [0.3, 0.4) is 0 Å². The maximum absolute atomic E-state index is 12.3. The molecule has 1 aromatic carbocycles. The Morgan fingerprint density at radius 2 is 1.90 bits per heavy atom. The van der Waals surface area contributed by atoms with Crippen LogP contribution in [-0.2, 0) is 14.3 Å². The highest BCUT2D eigenvalue weighted by Gasteiger charge is 2.19. The van der Waals surface area contributed by atoms with Crippen molar-refractivity contribution in [3.63, 3.8) is 0 Å². The first-order chi connectivity index (χ1) is 9.60. The van der Waals surface area contributed by atoms with Gasteiger partial charge in [-0.3, -0.25) is 9.59 Å². The molecule has 1 rings (SSSR count). The van der Waals surface area contributed by atoms with E-state index in [1.807, 2.05) is 0 Å². The summed E-state index contributed by atoms with van der Waals surface area (Å²) in [4.78, 5) is 25.0. The highest BCUT2D eigenvalue weighted by molar-refractivity contribution is 5.96. The molecule has 0 spiro atoms. The third-order valence-corrected chi connectivity index (χ3v) is 2.80. The molecular formula is C14H19NO5. The number of esters is 1. The first-order valence-electron chi connectivity index (χ1n) is 6.23. The summed E-state index contributed by atoms with van der Waals surface area (Å²) in [5.41, 5.74) is 0.202. The third-order valence-electron chi connectivity index (χ3n) is 2.80. The monoisotopic (exact) mass is 281 g/mol. The lowest BCUT2D eigenvalue weighted by atomic mass is 10.1. The minimum atomic E-state index is -0.391. The van der Waals surface area contributed by atoms with E-state index in [1.165, 1.54) is 31.3 Å². The first-order valence-corrected chi connectivity index (χ1v) is 6.23. The van der Waals surface area contributed by atoms with Gasteiger partial charge in [-0.1, -0.05) is 12.1 Å². The van der Waals surface area contributed by atoms with E-state index in [-0.39, 0.29) is 30.2 Å². The lowest BCUT2D eigenvalue weighted by Crippen LogP contribution is -2.35. The number of aromatic hydroxyl groups is 1. The summed E-state index contributed by atoms with van der Waals surface area (Å²) in [6.07, 6.45) is 0.0968. The summed E-state index contributed by atoms with van der Waals surface area (Å²) in [7, 11) is 2.83. The number of benzene rings is 1. The Labute approximate surface area is 117 Å². The summed E-state index contributed by atoms with van der Waals surface area (Å²) in [5, 5.41) is 9.71. The number of amides is 1. The highest BCUT2D eigenvalue weighted by Crippen LogP contribution is 2.18. The molecule has 0 fully saturated rings. The Hall–Kier alpha value is -2.08. The molecule has 0 bridgehead atoms. The number of methoxy groups -OCH3 is 2. The van der Waals surface area contributed by atoms with Gasteiger partial charge in [0.25, 0.3) is 5.91 Å². The van der Waals surface area contributed by atoms with Gasteiger partial charge in [0.05, 0.1) is 25.7 Å². The van der Waals surface area contributed by atoms with Gasteiger partial charge in [0.1, 0.15) is 5.75 Å². The van der Waals surface area contributed by atoms with E-state index < -0.39 is 5.97 Å². The number of rotatable bonds is 7. The van der Waals surface area contributed by atoms with Gasteiger partial charge in [-0.25, -0.2) is 0 Å². The number of para-hydroxylation sites is 1. The first kappa shape index (κ1) is 16.0. The SMILES string of the molecule is COCCN(CCC(=O)OC)C(=O)c1ccccc1O. The van der Waals surface area contributed by atoms with E-state index in [4.69, 9.17) is 4.74 Å². The van der Waals surface area contributed by atoms with Crippen molar-refractivity contribution in [2.24, 2.45) is 0 Å². The molecule has 1 aromatic rings. The van der Waals surface area contributed by atoms with E-state index in [2.05, 4.69) is 4.74 Å². The molecule has 0 aliphatic heterocycles. The van der Waals surface area contributed by atoms with Crippen LogP contribution < -0.4 is 0 Å². The van der Waals surface area contributed by atoms with Crippen LogP contribution in [0.5, 0.6) is 5.75 Å². The molecule has 6 nitrogen and oxygen atoms in total. The largest absolute Gasteiger partial charge is 0.507 e. The van der Waals surface area contributed by atoms with Crippen molar-refractivity contribution in [3.8, 4) is 5.75 Å². The average Bonchev–Trinajstić information content (AvgIpc) is 2.47. The zero-order chi connectivity index (χ0) is 15.0. The Morgan fingerprint density at radius 1 is 1.20 bits per heavy atom. The summed E-state index contributed by atoms with van der Waals surface area (Å²) in [6, 6.07) is 6.29. The molecule has 0 radical (unpaired) electrons. The molecule has 110 valence electrons. The van der Waals surface area contributed by atoms with Crippen LogP contribution in [0.25, 0.3) is 0 Å². The lowest BCUT2D eigenvalue weighted by molar-refractivity contribution is -0.140. The molecule has 0 aliphatic rings. The van der Waals surface area contributed by atoms with Gasteiger partial charge in [0.2, 0.25) is 0 Å². The smallest absolute Gasteiger partial charge is 0.307 e. The summed E-state index contributed by atoms with van der Waals surface area (Å²) in [6.45, 7) is 0.893. The maximum Gasteiger partial charge on any atom is 0.307 e. The van der Waals surface area contributed by atoms with Crippen molar-refractivity contribution in [2.45, 2.75) is 6.42 Å². The number of carbonyl (C=O) groups is 2. The standard InChI is InChI=1S/C14H19NO5/c1-19-10-9-15(8-7-13(17)20-2)14(18)11-5-3-4-6-12(11)16/h3-6,16H,7-10H2,1-2H3. The fourth-order valence-electron chi connectivity index (χ4n) is 1.67. The van der Waals surface area contributed by atoms with Crippen molar-refractivity contribution in [1.29, 1.82) is 0 Å². The quantitative estimate of drug-likeness (QED) is 0.756. The number of hydrogen-bond donors (Lipinski definition) is 1. The van der Waals surface area contributed by atoms with Crippen LogP contribution in [0.15, 0.2) is 24.3 Å². The Balaban J connectivity index is 2.78. The van der Waals surface area contributed by atoms with Crippen molar-refractivity contribution in [1.82, 2.24) is 4.90 Å². The van der Waals surface area contributed by atoms with E-state index in [0.717, 1.165) is 0 Å². The fraction of sp³-hybridized carbons (Fsp3) is 0.429. The average molecular weight is 281 g/mol. The van der Waals surface area contributed by atoms with Crippen LogP contribution in [0, 0.1) is 0 Å². The van der Waals surface area contributed by atoms with E-state index in [9.17, 15) is 14.7 Å². The van der Waals surface area contributed by atoms with Crippen LogP contribution in [0.2, 0.25) is 0 Å². The molecule has 6 heteroatoms. The Kier molecular flexibility index (Phi) is 6.52. The van der Waals surface area contributed by atoms with Gasteiger partial charge in [-0.05, 0) is 12.1 Å². The molecule has 20 heavy (non-hydrogen) atoms. The van der Waals surface area contributed by atoms with Crippen molar-refractivity contribution in [2.75, 3.05) is 33.9 Å².